The second kappa shape index (κ2) is 5.60. The number of hydrogen-bond acceptors (Lipinski definition) is 3. The fraction of sp³-hybridized carbons (Fsp3) is 0.308. The molecule has 1 heterocycles. The van der Waals surface area contributed by atoms with Crippen LogP contribution in [0.3, 0.4) is 0 Å². The highest BCUT2D eigenvalue weighted by Crippen LogP contribution is 2.07. The average Bonchev–Trinajstić information content (AvgIpc) is 2.36. The first-order chi connectivity index (χ1) is 9.04. The van der Waals surface area contributed by atoms with E-state index in [1.54, 1.807) is 12.1 Å². The number of benzene rings is 1. The lowest BCUT2D eigenvalue weighted by atomic mass is 10.1. The first-order valence-electron chi connectivity index (χ1n) is 5.89. The number of nitrogens with one attached hydrogen (secondary N) is 1. The second-order valence-electron chi connectivity index (χ2n) is 4.35. The molecule has 0 spiro atoms. The van der Waals surface area contributed by atoms with Crippen LogP contribution in [0.2, 0.25) is 0 Å². The average molecular weight is 264 g/mol. The number of hydrogen-bond donors (Lipinski definition) is 1. The van der Waals surface area contributed by atoms with Crippen molar-refractivity contribution >= 4 is 17.7 Å². The number of nitrogens with zero attached hydrogens (tertiary/aromatic N) is 1. The summed E-state index contributed by atoms with van der Waals surface area (Å²) in [4.78, 5) is 35.3. The van der Waals surface area contributed by atoms with Crippen molar-refractivity contribution in [1.82, 2.24) is 10.2 Å². The van der Waals surface area contributed by atoms with Crippen molar-refractivity contribution in [1.29, 1.82) is 0 Å². The van der Waals surface area contributed by atoms with Crippen molar-refractivity contribution in [2.45, 2.75) is 12.8 Å². The molecule has 0 bridgehead atoms. The number of aryl methyl sites for hydroxylation is 1. The Bertz CT molecular complexity index is 497. The molecule has 0 saturated carbocycles. The molecule has 0 atom stereocenters. The Morgan fingerprint density at radius 1 is 1.16 bits per heavy atom. The van der Waals surface area contributed by atoms with Crippen molar-refractivity contribution in [2.75, 3.05) is 13.1 Å². The molecule has 1 aliphatic rings. The summed E-state index contributed by atoms with van der Waals surface area (Å²) in [5, 5.41) is 2.13. The fourth-order valence-corrected chi connectivity index (χ4v) is 1.87. The molecule has 0 aromatic heterocycles. The van der Waals surface area contributed by atoms with Crippen LogP contribution in [-0.4, -0.2) is 35.7 Å². The van der Waals surface area contributed by atoms with Gasteiger partial charge in [-0.05, 0) is 24.1 Å². The lowest BCUT2D eigenvalue weighted by Gasteiger charge is -2.25. The zero-order valence-corrected chi connectivity index (χ0v) is 10.2. The number of amides is 3. The number of halogens is 1. The molecule has 2 rings (SSSR count). The molecule has 19 heavy (non-hydrogen) atoms. The molecule has 1 aliphatic heterocycles. The van der Waals surface area contributed by atoms with Crippen LogP contribution in [0.25, 0.3) is 0 Å². The largest absolute Gasteiger partial charge is 0.324 e. The van der Waals surface area contributed by atoms with Gasteiger partial charge in [0.2, 0.25) is 17.7 Å². The third kappa shape index (κ3) is 3.61. The Balaban J connectivity index is 1.88. The van der Waals surface area contributed by atoms with Gasteiger partial charge in [0.25, 0.3) is 0 Å². The molecule has 6 heteroatoms. The van der Waals surface area contributed by atoms with E-state index in [0.717, 1.165) is 5.56 Å². The lowest BCUT2D eigenvalue weighted by Crippen LogP contribution is -2.53. The van der Waals surface area contributed by atoms with Gasteiger partial charge in [0.1, 0.15) is 18.9 Å². The van der Waals surface area contributed by atoms with Gasteiger partial charge in [-0.25, -0.2) is 4.39 Å². The first-order valence-corrected chi connectivity index (χ1v) is 5.89. The molecule has 0 unspecified atom stereocenters. The van der Waals surface area contributed by atoms with Crippen LogP contribution >= 0.6 is 0 Å². The van der Waals surface area contributed by atoms with Gasteiger partial charge in [-0.2, -0.15) is 0 Å². The molecule has 1 aromatic rings. The highest BCUT2D eigenvalue weighted by atomic mass is 19.1. The van der Waals surface area contributed by atoms with Gasteiger partial charge >= 0.3 is 0 Å². The summed E-state index contributed by atoms with van der Waals surface area (Å²) in [6, 6.07) is 5.88. The normalized spacial score (nSPS) is 15.3. The number of imide groups is 1. The molecule has 5 nitrogen and oxygen atoms in total. The van der Waals surface area contributed by atoms with Crippen molar-refractivity contribution in [3.8, 4) is 0 Å². The summed E-state index contributed by atoms with van der Waals surface area (Å²) in [5.74, 6) is -1.52. The fourth-order valence-electron chi connectivity index (χ4n) is 1.87. The predicted octanol–water partition coefficient (Wildman–Crippen LogP) is 0.243. The highest BCUT2D eigenvalue weighted by molar-refractivity contribution is 6.02. The minimum absolute atomic E-state index is 0.0893. The van der Waals surface area contributed by atoms with Crippen molar-refractivity contribution in [3.05, 3.63) is 35.6 Å². The van der Waals surface area contributed by atoms with Gasteiger partial charge < -0.3 is 4.90 Å². The molecule has 1 fully saturated rings. The van der Waals surface area contributed by atoms with Crippen LogP contribution in [0.5, 0.6) is 0 Å². The minimum atomic E-state index is -0.466. The van der Waals surface area contributed by atoms with Crippen LogP contribution in [0.4, 0.5) is 4.39 Å². The molecular formula is C13H13FN2O3. The molecule has 100 valence electrons. The summed E-state index contributed by atoms with van der Waals surface area (Å²) in [6.07, 6.45) is 0.637. The summed E-state index contributed by atoms with van der Waals surface area (Å²) < 4.78 is 12.7. The van der Waals surface area contributed by atoms with Gasteiger partial charge in [0.05, 0.1) is 0 Å². The lowest BCUT2D eigenvalue weighted by molar-refractivity contribution is -0.145. The minimum Gasteiger partial charge on any atom is -0.324 e. The third-order valence-corrected chi connectivity index (χ3v) is 2.84. The van der Waals surface area contributed by atoms with Crippen LogP contribution in [0.1, 0.15) is 12.0 Å². The molecule has 1 aromatic carbocycles. The van der Waals surface area contributed by atoms with Crippen LogP contribution in [0, 0.1) is 5.82 Å². The van der Waals surface area contributed by atoms with E-state index in [2.05, 4.69) is 5.32 Å². The van der Waals surface area contributed by atoms with E-state index in [4.69, 9.17) is 0 Å². The standard InChI is InChI=1S/C13H13FN2O3/c14-10-4-1-9(2-5-10)3-6-13(19)16-7-11(17)15-12(18)8-16/h1-2,4-5H,3,6-8H2,(H,15,17,18). The van der Waals surface area contributed by atoms with Crippen LogP contribution in [0.15, 0.2) is 24.3 Å². The Morgan fingerprint density at radius 2 is 1.74 bits per heavy atom. The SMILES string of the molecule is O=C1CN(C(=O)CCc2ccc(F)cc2)CC(=O)N1. The maximum Gasteiger partial charge on any atom is 0.246 e. The summed E-state index contributed by atoms with van der Waals surface area (Å²) in [6.45, 7) is -0.179. The topological polar surface area (TPSA) is 66.5 Å². The summed E-state index contributed by atoms with van der Waals surface area (Å²) in [7, 11) is 0. The third-order valence-electron chi connectivity index (χ3n) is 2.84. The highest BCUT2D eigenvalue weighted by Gasteiger charge is 2.25. The first kappa shape index (κ1) is 13.2. The Kier molecular flexibility index (Phi) is 3.89. The molecular weight excluding hydrogens is 251 g/mol. The zero-order valence-electron chi connectivity index (χ0n) is 10.2. The number of carbonyl (C=O) groups excluding carboxylic acids is 3. The second-order valence-corrected chi connectivity index (χ2v) is 4.35. The summed E-state index contributed by atoms with van der Waals surface area (Å²) >= 11 is 0. The van der Waals surface area contributed by atoms with Gasteiger partial charge in [0.15, 0.2) is 0 Å². The van der Waals surface area contributed by atoms with Crippen molar-refractivity contribution in [2.24, 2.45) is 0 Å². The van der Waals surface area contributed by atoms with E-state index in [-0.39, 0.29) is 31.2 Å². The van der Waals surface area contributed by atoms with Gasteiger partial charge in [-0.3, -0.25) is 19.7 Å². The van der Waals surface area contributed by atoms with Crippen LogP contribution in [-0.2, 0) is 20.8 Å². The number of carbonyl (C=O) groups is 3. The van der Waals surface area contributed by atoms with Crippen molar-refractivity contribution < 1.29 is 18.8 Å². The van der Waals surface area contributed by atoms with E-state index < -0.39 is 11.8 Å². The van der Waals surface area contributed by atoms with E-state index in [0.29, 0.717) is 6.42 Å². The summed E-state index contributed by atoms with van der Waals surface area (Å²) in [5.41, 5.74) is 0.836. The van der Waals surface area contributed by atoms with E-state index in [1.807, 2.05) is 0 Å². The molecule has 1 N–H and O–H groups in total. The van der Waals surface area contributed by atoms with Gasteiger partial charge in [-0.15, -0.1) is 0 Å². The Labute approximate surface area is 109 Å². The maximum absolute atomic E-state index is 12.7. The maximum atomic E-state index is 12.7. The van der Waals surface area contributed by atoms with Crippen molar-refractivity contribution in [3.63, 3.8) is 0 Å². The molecule has 1 saturated heterocycles. The molecule has 0 aliphatic carbocycles. The monoisotopic (exact) mass is 264 g/mol. The van der Waals surface area contributed by atoms with Gasteiger partial charge in [-0.1, -0.05) is 12.1 Å². The van der Waals surface area contributed by atoms with E-state index >= 15 is 0 Å². The Morgan fingerprint density at radius 3 is 2.32 bits per heavy atom. The quantitative estimate of drug-likeness (QED) is 0.795. The van der Waals surface area contributed by atoms with E-state index in [9.17, 15) is 18.8 Å². The molecule has 3 amide bonds. The number of piperazine rings is 1. The smallest absolute Gasteiger partial charge is 0.246 e. The molecule has 0 radical (unpaired) electrons. The predicted molar refractivity (Wildman–Crippen MR) is 64.5 cm³/mol. The van der Waals surface area contributed by atoms with Gasteiger partial charge in [0, 0.05) is 6.42 Å². The number of rotatable bonds is 3. The Hall–Kier alpha value is -2.24. The van der Waals surface area contributed by atoms with E-state index in [1.165, 1.54) is 17.0 Å². The zero-order chi connectivity index (χ0) is 13.8. The van der Waals surface area contributed by atoms with Crippen LogP contribution < -0.4 is 5.32 Å².